The number of nitrogens with one attached hydrogen (secondary N) is 2. The van der Waals surface area contributed by atoms with Gasteiger partial charge in [-0.3, -0.25) is 15.2 Å². The number of hydrogen-bond acceptors (Lipinski definition) is 3. The van der Waals surface area contributed by atoms with Crippen molar-refractivity contribution in [2.45, 2.75) is 13.8 Å². The Bertz CT molecular complexity index is 564. The van der Waals surface area contributed by atoms with Crippen LogP contribution < -0.4 is 5.32 Å². The minimum Gasteiger partial charge on any atom is -0.289 e. The Morgan fingerprint density at radius 2 is 2.18 bits per heavy atom. The molecule has 6 heteroatoms. The third kappa shape index (κ3) is 2.71. The van der Waals surface area contributed by atoms with Crippen molar-refractivity contribution in [3.8, 4) is 0 Å². The first-order chi connectivity index (χ1) is 8.06. The summed E-state index contributed by atoms with van der Waals surface area (Å²) < 4.78 is 0.743. The predicted molar refractivity (Wildman–Crippen MR) is 68.0 cm³/mol. The Labute approximate surface area is 107 Å². The molecule has 0 atom stereocenters. The van der Waals surface area contributed by atoms with Crippen molar-refractivity contribution >= 4 is 27.8 Å². The largest absolute Gasteiger partial charge is 0.289 e. The predicted octanol–water partition coefficient (Wildman–Crippen LogP) is 2.44. The van der Waals surface area contributed by atoms with E-state index in [1.807, 2.05) is 19.1 Å². The lowest BCUT2D eigenvalue weighted by Gasteiger charge is -2.04. The molecule has 0 aliphatic carbocycles. The van der Waals surface area contributed by atoms with E-state index in [1.54, 1.807) is 13.0 Å². The van der Waals surface area contributed by atoms with Gasteiger partial charge in [-0.15, -0.1) is 5.10 Å². The van der Waals surface area contributed by atoms with Crippen molar-refractivity contribution in [3.05, 3.63) is 39.6 Å². The molecule has 0 radical (unpaired) electrons. The highest BCUT2D eigenvalue weighted by atomic mass is 79.9. The van der Waals surface area contributed by atoms with Gasteiger partial charge in [0.2, 0.25) is 5.95 Å². The zero-order valence-corrected chi connectivity index (χ0v) is 11.0. The van der Waals surface area contributed by atoms with Crippen LogP contribution >= 0.6 is 15.9 Å². The number of halogens is 1. The van der Waals surface area contributed by atoms with Crippen molar-refractivity contribution in [1.82, 2.24) is 15.2 Å². The van der Waals surface area contributed by atoms with Crippen molar-refractivity contribution in [3.63, 3.8) is 0 Å². The molecule has 1 aromatic heterocycles. The second-order valence-electron chi connectivity index (χ2n) is 3.68. The minimum atomic E-state index is -0.237. The molecule has 5 nitrogen and oxygen atoms in total. The van der Waals surface area contributed by atoms with E-state index in [0.29, 0.717) is 11.4 Å². The number of H-pyrrole nitrogens is 1. The number of aryl methyl sites for hydroxylation is 2. The van der Waals surface area contributed by atoms with Gasteiger partial charge in [0.1, 0.15) is 5.82 Å². The lowest BCUT2D eigenvalue weighted by atomic mass is 10.1. The molecule has 88 valence electrons. The Kier molecular flexibility index (Phi) is 3.23. The van der Waals surface area contributed by atoms with Crippen molar-refractivity contribution in [2.24, 2.45) is 0 Å². The number of aromatic nitrogens is 3. The molecule has 0 fully saturated rings. The summed E-state index contributed by atoms with van der Waals surface area (Å²) >= 11 is 3.34. The Morgan fingerprint density at radius 3 is 2.82 bits per heavy atom. The fourth-order valence-corrected chi connectivity index (χ4v) is 1.81. The van der Waals surface area contributed by atoms with Crippen LogP contribution in [-0.2, 0) is 0 Å². The van der Waals surface area contributed by atoms with Crippen LogP contribution in [0.3, 0.4) is 0 Å². The van der Waals surface area contributed by atoms with Gasteiger partial charge in [0.15, 0.2) is 0 Å². The maximum absolute atomic E-state index is 12.0. The molecule has 2 N–H and O–H groups in total. The van der Waals surface area contributed by atoms with E-state index in [2.05, 4.69) is 36.4 Å². The normalized spacial score (nSPS) is 10.3. The zero-order chi connectivity index (χ0) is 12.4. The number of rotatable bonds is 2. The number of carbonyl (C=O) groups excluding carboxylic acids is 1. The molecule has 0 unspecified atom stereocenters. The van der Waals surface area contributed by atoms with E-state index in [0.717, 1.165) is 10.0 Å². The zero-order valence-electron chi connectivity index (χ0n) is 9.41. The molecule has 0 bridgehead atoms. The molecule has 17 heavy (non-hydrogen) atoms. The molecule has 0 saturated heterocycles. The van der Waals surface area contributed by atoms with Crippen LogP contribution in [0, 0.1) is 13.8 Å². The molecule has 2 rings (SSSR count). The number of benzene rings is 1. The van der Waals surface area contributed by atoms with Gasteiger partial charge < -0.3 is 0 Å². The van der Waals surface area contributed by atoms with Gasteiger partial charge in [0.05, 0.1) is 5.56 Å². The van der Waals surface area contributed by atoms with Crippen LogP contribution in [0.4, 0.5) is 5.95 Å². The summed E-state index contributed by atoms with van der Waals surface area (Å²) in [6.07, 6.45) is 0. The highest BCUT2D eigenvalue weighted by Gasteiger charge is 2.12. The summed E-state index contributed by atoms with van der Waals surface area (Å²) in [6, 6.07) is 5.57. The first kappa shape index (κ1) is 11.8. The average Bonchev–Trinajstić information content (AvgIpc) is 2.67. The maximum Gasteiger partial charge on any atom is 0.259 e. The molecular formula is C11H11BrN4O. The number of carbonyl (C=O) groups is 1. The van der Waals surface area contributed by atoms with Crippen LogP contribution in [0.15, 0.2) is 22.7 Å². The highest BCUT2D eigenvalue weighted by molar-refractivity contribution is 9.10. The van der Waals surface area contributed by atoms with Gasteiger partial charge >= 0.3 is 0 Å². The van der Waals surface area contributed by atoms with Crippen LogP contribution in [0.25, 0.3) is 0 Å². The standard InChI is InChI=1S/C11H11BrN4O/c1-6-3-4-9(12)8(5-6)10(17)14-11-13-7(2)15-16-11/h3-5H,1-2H3,(H2,13,14,15,16,17). The average molecular weight is 295 g/mol. The van der Waals surface area contributed by atoms with Crippen LogP contribution in [-0.4, -0.2) is 21.1 Å². The van der Waals surface area contributed by atoms with Gasteiger partial charge in [-0.25, -0.2) is 0 Å². The van der Waals surface area contributed by atoms with E-state index in [4.69, 9.17) is 0 Å². The molecule has 1 aromatic carbocycles. The Morgan fingerprint density at radius 1 is 1.41 bits per heavy atom. The summed E-state index contributed by atoms with van der Waals surface area (Å²) in [5.41, 5.74) is 1.58. The second-order valence-corrected chi connectivity index (χ2v) is 4.54. The topological polar surface area (TPSA) is 70.7 Å². The fraction of sp³-hybridized carbons (Fsp3) is 0.182. The number of hydrogen-bond donors (Lipinski definition) is 2. The van der Waals surface area contributed by atoms with Gasteiger partial charge in [-0.05, 0) is 41.9 Å². The lowest BCUT2D eigenvalue weighted by molar-refractivity contribution is 0.102. The monoisotopic (exact) mass is 294 g/mol. The van der Waals surface area contributed by atoms with Gasteiger partial charge in [0.25, 0.3) is 5.91 Å². The smallest absolute Gasteiger partial charge is 0.259 e. The summed E-state index contributed by atoms with van der Waals surface area (Å²) in [6.45, 7) is 3.70. The van der Waals surface area contributed by atoms with Crippen LogP contribution in [0.1, 0.15) is 21.7 Å². The Balaban J connectivity index is 2.22. The molecule has 2 aromatic rings. The number of anilines is 1. The third-order valence-electron chi connectivity index (χ3n) is 2.19. The molecule has 0 saturated carbocycles. The minimum absolute atomic E-state index is 0.237. The Hall–Kier alpha value is -1.69. The van der Waals surface area contributed by atoms with Gasteiger partial charge in [-0.1, -0.05) is 11.6 Å². The summed E-state index contributed by atoms with van der Waals surface area (Å²) in [5, 5.41) is 9.14. The first-order valence-electron chi connectivity index (χ1n) is 5.03. The van der Waals surface area contributed by atoms with Crippen LogP contribution in [0.5, 0.6) is 0 Å². The number of aromatic amines is 1. The molecular weight excluding hydrogens is 284 g/mol. The van der Waals surface area contributed by atoms with E-state index in [1.165, 1.54) is 0 Å². The van der Waals surface area contributed by atoms with Crippen molar-refractivity contribution in [2.75, 3.05) is 5.32 Å². The molecule has 0 aliphatic rings. The van der Waals surface area contributed by atoms with Gasteiger partial charge in [-0.2, -0.15) is 4.98 Å². The molecule has 0 aliphatic heterocycles. The van der Waals surface area contributed by atoms with E-state index < -0.39 is 0 Å². The fourth-order valence-electron chi connectivity index (χ4n) is 1.38. The summed E-state index contributed by atoms with van der Waals surface area (Å²) in [5.74, 6) is 0.698. The number of amides is 1. The maximum atomic E-state index is 12.0. The van der Waals surface area contributed by atoms with Crippen LogP contribution in [0.2, 0.25) is 0 Å². The third-order valence-corrected chi connectivity index (χ3v) is 2.88. The van der Waals surface area contributed by atoms with Crippen molar-refractivity contribution in [1.29, 1.82) is 0 Å². The second kappa shape index (κ2) is 4.67. The summed E-state index contributed by atoms with van der Waals surface area (Å²) in [4.78, 5) is 16.0. The summed E-state index contributed by atoms with van der Waals surface area (Å²) in [7, 11) is 0. The van der Waals surface area contributed by atoms with Gasteiger partial charge in [0, 0.05) is 4.47 Å². The van der Waals surface area contributed by atoms with E-state index >= 15 is 0 Å². The molecule has 1 heterocycles. The first-order valence-corrected chi connectivity index (χ1v) is 5.82. The highest BCUT2D eigenvalue weighted by Crippen LogP contribution is 2.18. The molecule has 1 amide bonds. The van der Waals surface area contributed by atoms with E-state index in [-0.39, 0.29) is 11.9 Å². The number of nitrogens with zero attached hydrogens (tertiary/aromatic N) is 2. The van der Waals surface area contributed by atoms with Crippen molar-refractivity contribution < 1.29 is 4.79 Å². The van der Waals surface area contributed by atoms with E-state index in [9.17, 15) is 4.79 Å². The SMILES string of the molecule is Cc1ccc(Br)c(C(=O)Nc2n[nH]c(C)n2)c1. The lowest BCUT2D eigenvalue weighted by Crippen LogP contribution is -2.13. The molecule has 0 spiro atoms. The quantitative estimate of drug-likeness (QED) is 0.894.